The summed E-state index contributed by atoms with van der Waals surface area (Å²) in [5.41, 5.74) is 2.53. The number of nitrogens with zero attached hydrogens (tertiary/aromatic N) is 4. The average molecular weight is 337 g/mol. The maximum atomic E-state index is 6.14. The van der Waals surface area contributed by atoms with Crippen LogP contribution in [0.25, 0.3) is 0 Å². The van der Waals surface area contributed by atoms with Gasteiger partial charge in [-0.2, -0.15) is 0 Å². The summed E-state index contributed by atoms with van der Waals surface area (Å²) in [4.78, 5) is 4.86. The maximum Gasteiger partial charge on any atom is 0.180 e. The molecule has 4 nitrogen and oxygen atoms in total. The largest absolute Gasteiger partial charge is 0.369 e. The van der Waals surface area contributed by atoms with Crippen molar-refractivity contribution < 1.29 is 0 Å². The van der Waals surface area contributed by atoms with E-state index in [1.54, 1.807) is 0 Å². The highest BCUT2D eigenvalue weighted by Gasteiger charge is 2.19. The molecule has 2 heterocycles. The van der Waals surface area contributed by atoms with Crippen LogP contribution < -0.4 is 4.90 Å². The molecular weight excluding hydrogens is 316 g/mol. The van der Waals surface area contributed by atoms with Crippen LogP contribution in [-0.2, 0) is 13.7 Å². The zero-order valence-electron chi connectivity index (χ0n) is 13.0. The molecular formula is C16H21ClN4S. The Morgan fingerprint density at radius 3 is 2.50 bits per heavy atom. The molecule has 0 aliphatic carbocycles. The van der Waals surface area contributed by atoms with Crippen molar-refractivity contribution in [1.82, 2.24) is 14.0 Å². The molecule has 0 spiro atoms. The Morgan fingerprint density at radius 1 is 1.14 bits per heavy atom. The van der Waals surface area contributed by atoms with E-state index in [4.69, 9.17) is 23.8 Å². The highest BCUT2D eigenvalue weighted by atomic mass is 35.5. The van der Waals surface area contributed by atoms with Crippen molar-refractivity contribution >= 4 is 29.5 Å². The summed E-state index contributed by atoms with van der Waals surface area (Å²) in [6, 6.07) is 6.11. The summed E-state index contributed by atoms with van der Waals surface area (Å²) in [5.74, 6) is 0. The van der Waals surface area contributed by atoms with Gasteiger partial charge in [0.05, 0.1) is 6.67 Å². The zero-order valence-corrected chi connectivity index (χ0v) is 14.6. The fourth-order valence-corrected chi connectivity index (χ4v) is 3.23. The van der Waals surface area contributed by atoms with Gasteiger partial charge >= 0.3 is 0 Å². The summed E-state index contributed by atoms with van der Waals surface area (Å²) in [5, 5.41) is 0.804. The Hall–Kier alpha value is -1.30. The Bertz CT molecular complexity index is 713. The molecule has 0 amide bonds. The quantitative estimate of drug-likeness (QED) is 0.800. The molecule has 1 aliphatic rings. The lowest BCUT2D eigenvalue weighted by Gasteiger charge is -2.36. The van der Waals surface area contributed by atoms with Crippen LogP contribution in [0.5, 0.6) is 0 Å². The van der Waals surface area contributed by atoms with Crippen LogP contribution in [0.15, 0.2) is 30.6 Å². The normalized spacial score (nSPS) is 16.2. The third-order valence-corrected chi connectivity index (χ3v) is 5.01. The van der Waals surface area contributed by atoms with E-state index in [1.807, 2.05) is 23.9 Å². The number of aromatic nitrogens is 2. The van der Waals surface area contributed by atoms with Crippen LogP contribution >= 0.6 is 23.8 Å². The number of piperazine rings is 1. The molecule has 118 valence electrons. The first-order valence-corrected chi connectivity index (χ1v) is 8.28. The van der Waals surface area contributed by atoms with Crippen LogP contribution in [0.3, 0.4) is 0 Å². The van der Waals surface area contributed by atoms with E-state index < -0.39 is 0 Å². The number of hydrogen-bond acceptors (Lipinski definition) is 3. The van der Waals surface area contributed by atoms with E-state index in [0.717, 1.165) is 42.6 Å². The van der Waals surface area contributed by atoms with Crippen molar-refractivity contribution in [3.63, 3.8) is 0 Å². The molecule has 0 bridgehead atoms. The topological polar surface area (TPSA) is 16.3 Å². The first-order chi connectivity index (χ1) is 10.5. The van der Waals surface area contributed by atoms with Gasteiger partial charge in [-0.05, 0) is 36.8 Å². The van der Waals surface area contributed by atoms with Crippen molar-refractivity contribution in [3.8, 4) is 0 Å². The van der Waals surface area contributed by atoms with E-state index in [0.29, 0.717) is 0 Å². The van der Waals surface area contributed by atoms with E-state index in [1.165, 1.54) is 11.3 Å². The minimum Gasteiger partial charge on any atom is -0.369 e. The fraction of sp³-hybridized carbons (Fsp3) is 0.438. The zero-order chi connectivity index (χ0) is 15.7. The third-order valence-electron chi connectivity index (χ3n) is 4.25. The standard InChI is InChI=1S/C16H21ClN4S/c1-13-3-4-14(17)11-15(13)20-9-6-19(7-10-20)12-21-8-5-18(2)16(21)22/h3-5,8,11H,6-7,9-10,12H2,1-2H3. The van der Waals surface area contributed by atoms with Gasteiger partial charge in [-0.25, -0.2) is 0 Å². The van der Waals surface area contributed by atoms with Gasteiger partial charge in [0.1, 0.15) is 0 Å². The number of halogens is 1. The average Bonchev–Trinajstić information content (AvgIpc) is 2.83. The fourth-order valence-electron chi connectivity index (χ4n) is 2.89. The molecule has 1 fully saturated rings. The molecule has 1 aliphatic heterocycles. The van der Waals surface area contributed by atoms with Gasteiger partial charge in [-0.1, -0.05) is 17.7 Å². The molecule has 1 saturated heterocycles. The predicted octanol–water partition coefficient (Wildman–Crippen LogP) is 3.30. The first-order valence-electron chi connectivity index (χ1n) is 7.50. The minimum absolute atomic E-state index is 0.804. The Balaban J connectivity index is 1.64. The number of hydrogen-bond donors (Lipinski definition) is 0. The van der Waals surface area contributed by atoms with Gasteiger partial charge in [-0.15, -0.1) is 0 Å². The number of anilines is 1. The second-order valence-electron chi connectivity index (χ2n) is 5.84. The maximum absolute atomic E-state index is 6.14. The smallest absolute Gasteiger partial charge is 0.180 e. The van der Waals surface area contributed by atoms with Crippen molar-refractivity contribution in [2.75, 3.05) is 31.1 Å². The minimum atomic E-state index is 0.804. The van der Waals surface area contributed by atoms with Gasteiger partial charge in [-0.3, -0.25) is 4.90 Å². The molecule has 1 aromatic heterocycles. The molecule has 0 atom stereocenters. The summed E-state index contributed by atoms with van der Waals surface area (Å²) in [7, 11) is 1.98. The van der Waals surface area contributed by atoms with Gasteiger partial charge in [0.25, 0.3) is 0 Å². The molecule has 0 saturated carbocycles. The van der Waals surface area contributed by atoms with Crippen LogP contribution in [0.1, 0.15) is 5.56 Å². The second kappa shape index (κ2) is 6.44. The summed E-state index contributed by atoms with van der Waals surface area (Å²) < 4.78 is 4.96. The molecule has 6 heteroatoms. The number of aryl methyl sites for hydroxylation is 2. The second-order valence-corrected chi connectivity index (χ2v) is 6.64. The lowest BCUT2D eigenvalue weighted by atomic mass is 10.1. The highest BCUT2D eigenvalue weighted by Crippen LogP contribution is 2.25. The lowest BCUT2D eigenvalue weighted by Crippen LogP contribution is -2.47. The monoisotopic (exact) mass is 336 g/mol. The Kier molecular flexibility index (Phi) is 4.57. The number of benzene rings is 1. The van der Waals surface area contributed by atoms with Gasteiger partial charge in [0.15, 0.2) is 4.77 Å². The lowest BCUT2D eigenvalue weighted by molar-refractivity contribution is 0.204. The number of rotatable bonds is 3. The van der Waals surface area contributed by atoms with Crippen LogP contribution in [0.2, 0.25) is 5.02 Å². The Morgan fingerprint density at radius 2 is 1.86 bits per heavy atom. The molecule has 2 aromatic rings. The van der Waals surface area contributed by atoms with Crippen molar-refractivity contribution in [1.29, 1.82) is 0 Å². The van der Waals surface area contributed by atoms with Gasteiger partial charge < -0.3 is 14.0 Å². The van der Waals surface area contributed by atoms with E-state index >= 15 is 0 Å². The van der Waals surface area contributed by atoms with Crippen molar-refractivity contribution in [2.45, 2.75) is 13.6 Å². The van der Waals surface area contributed by atoms with Crippen molar-refractivity contribution in [2.24, 2.45) is 7.05 Å². The molecule has 0 N–H and O–H groups in total. The van der Waals surface area contributed by atoms with Crippen molar-refractivity contribution in [3.05, 3.63) is 45.9 Å². The predicted molar refractivity (Wildman–Crippen MR) is 94.2 cm³/mol. The van der Waals surface area contributed by atoms with Crippen LogP contribution in [-0.4, -0.2) is 40.2 Å². The summed E-state index contributed by atoms with van der Waals surface area (Å²) in [6.07, 6.45) is 4.06. The highest BCUT2D eigenvalue weighted by molar-refractivity contribution is 7.71. The SMILES string of the molecule is Cc1ccc(Cl)cc1N1CCN(Cn2ccn(C)c2=S)CC1. The molecule has 0 unspecified atom stereocenters. The van der Waals surface area contributed by atoms with E-state index in [9.17, 15) is 0 Å². The molecule has 3 rings (SSSR count). The van der Waals surface area contributed by atoms with Gasteiger partial charge in [0.2, 0.25) is 0 Å². The third kappa shape index (κ3) is 3.21. The Labute approximate surface area is 141 Å². The molecule has 0 radical (unpaired) electrons. The van der Waals surface area contributed by atoms with Crippen LogP contribution in [0.4, 0.5) is 5.69 Å². The van der Waals surface area contributed by atoms with Crippen LogP contribution in [0, 0.1) is 11.7 Å². The van der Waals surface area contributed by atoms with E-state index in [2.05, 4.69) is 39.6 Å². The summed E-state index contributed by atoms with van der Waals surface area (Å²) in [6.45, 7) is 7.09. The van der Waals surface area contributed by atoms with E-state index in [-0.39, 0.29) is 0 Å². The molecule has 1 aromatic carbocycles. The number of imidazole rings is 1. The summed E-state index contributed by atoms with van der Waals surface area (Å²) >= 11 is 11.5. The van der Waals surface area contributed by atoms with Gasteiger partial charge in [0, 0.05) is 56.3 Å². The first kappa shape index (κ1) is 15.6. The molecule has 22 heavy (non-hydrogen) atoms.